The monoisotopic (exact) mass is 439 g/mol. The van der Waals surface area contributed by atoms with Crippen LogP contribution in [0.1, 0.15) is 40.0 Å². The number of carbonyl (C=O) groups is 3. The summed E-state index contributed by atoms with van der Waals surface area (Å²) < 4.78 is 45.4. The third-order valence-corrected chi connectivity index (χ3v) is 4.64. The fraction of sp³-hybridized carbons (Fsp3) is 0.476. The Bertz CT molecular complexity index is 924. The third-order valence-electron chi connectivity index (χ3n) is 4.64. The van der Waals surface area contributed by atoms with Crippen molar-refractivity contribution in [2.45, 2.75) is 51.2 Å². The summed E-state index contributed by atoms with van der Waals surface area (Å²) in [4.78, 5) is 38.9. The molecule has 1 fully saturated rings. The molecule has 3 amide bonds. The van der Waals surface area contributed by atoms with Crippen molar-refractivity contribution < 1.29 is 32.3 Å². The second-order valence-electron chi connectivity index (χ2n) is 8.10. The number of benzene rings is 1. The number of halogens is 3. The molecule has 0 aliphatic carbocycles. The topological polar surface area (TPSA) is 87.7 Å². The molecule has 2 N–H and O–H groups in total. The van der Waals surface area contributed by atoms with E-state index in [9.17, 15) is 27.6 Å². The van der Waals surface area contributed by atoms with Crippen LogP contribution in [0.2, 0.25) is 0 Å². The van der Waals surface area contributed by atoms with Crippen molar-refractivity contribution in [2.75, 3.05) is 18.4 Å². The predicted octanol–water partition coefficient (Wildman–Crippen LogP) is 2.95. The van der Waals surface area contributed by atoms with Crippen molar-refractivity contribution in [3.8, 4) is 12.3 Å². The highest BCUT2D eigenvalue weighted by Crippen LogP contribution is 2.34. The van der Waals surface area contributed by atoms with Crippen molar-refractivity contribution in [1.29, 1.82) is 0 Å². The lowest BCUT2D eigenvalue weighted by atomic mass is 9.91. The van der Waals surface area contributed by atoms with Crippen LogP contribution in [-0.2, 0) is 14.3 Å². The standard InChI is InChI=1S/C21H24F3N3O4/c1-5-9-21(10-6-11-27(21)19(30)31-20(2,3)4)18(29)25-12-15(28)26-14-8-7-13(22)16(23)17(14)24/h1,7-8H,6,9-12H2,2-4H3,(H,25,29)(H,26,28). The zero-order chi connectivity index (χ0) is 23.4. The summed E-state index contributed by atoms with van der Waals surface area (Å²) in [6.45, 7) is 4.70. The molecule has 0 bridgehead atoms. The second kappa shape index (κ2) is 9.29. The number of carbonyl (C=O) groups excluding carboxylic acids is 3. The minimum atomic E-state index is -1.73. The highest BCUT2D eigenvalue weighted by atomic mass is 19.2. The van der Waals surface area contributed by atoms with Gasteiger partial charge in [0.1, 0.15) is 11.1 Å². The van der Waals surface area contributed by atoms with Crippen LogP contribution < -0.4 is 10.6 Å². The molecule has 1 aromatic carbocycles. The molecule has 168 valence electrons. The number of terminal acetylenes is 1. The molecule has 1 heterocycles. The van der Waals surface area contributed by atoms with Gasteiger partial charge in [-0.1, -0.05) is 0 Å². The van der Waals surface area contributed by atoms with Crippen LogP contribution in [0.3, 0.4) is 0 Å². The third kappa shape index (κ3) is 5.48. The molecule has 1 aliphatic heterocycles. The number of nitrogens with one attached hydrogen (secondary N) is 2. The number of anilines is 1. The zero-order valence-electron chi connectivity index (χ0n) is 17.5. The Morgan fingerprint density at radius 2 is 1.90 bits per heavy atom. The Labute approximate surface area is 178 Å². The van der Waals surface area contributed by atoms with Crippen LogP contribution in [0.15, 0.2) is 12.1 Å². The summed E-state index contributed by atoms with van der Waals surface area (Å²) >= 11 is 0. The first-order valence-corrected chi connectivity index (χ1v) is 9.57. The normalized spacial score (nSPS) is 18.3. The smallest absolute Gasteiger partial charge is 0.411 e. The fourth-order valence-electron chi connectivity index (χ4n) is 3.27. The number of amides is 3. The van der Waals surface area contributed by atoms with E-state index in [-0.39, 0.29) is 19.4 Å². The van der Waals surface area contributed by atoms with E-state index in [2.05, 4.69) is 16.6 Å². The number of ether oxygens (including phenoxy) is 1. The number of nitrogens with zero attached hydrogens (tertiary/aromatic N) is 1. The van der Waals surface area contributed by atoms with Gasteiger partial charge < -0.3 is 15.4 Å². The lowest BCUT2D eigenvalue weighted by Gasteiger charge is -2.36. The molecule has 1 aromatic rings. The SMILES string of the molecule is C#CCC1(C(=O)NCC(=O)Nc2ccc(F)c(F)c2F)CCCN1C(=O)OC(C)(C)C. The van der Waals surface area contributed by atoms with E-state index in [0.717, 1.165) is 6.07 Å². The molecule has 1 unspecified atom stereocenters. The Kier molecular flexibility index (Phi) is 7.21. The first-order chi connectivity index (χ1) is 14.4. The Morgan fingerprint density at radius 3 is 2.52 bits per heavy atom. The molecule has 1 saturated heterocycles. The van der Waals surface area contributed by atoms with Crippen LogP contribution >= 0.6 is 0 Å². The minimum Gasteiger partial charge on any atom is -0.444 e. The van der Waals surface area contributed by atoms with Gasteiger partial charge in [-0.25, -0.2) is 18.0 Å². The van der Waals surface area contributed by atoms with E-state index in [1.165, 1.54) is 4.90 Å². The van der Waals surface area contributed by atoms with Crippen LogP contribution in [-0.4, -0.2) is 47.0 Å². The quantitative estimate of drug-likeness (QED) is 0.546. The van der Waals surface area contributed by atoms with Crippen molar-refractivity contribution in [3.63, 3.8) is 0 Å². The molecule has 10 heteroatoms. The van der Waals surface area contributed by atoms with Gasteiger partial charge in [0.2, 0.25) is 11.8 Å². The summed E-state index contributed by atoms with van der Waals surface area (Å²) in [5.74, 6) is -3.85. The van der Waals surface area contributed by atoms with E-state index >= 15 is 0 Å². The van der Waals surface area contributed by atoms with Gasteiger partial charge in [0, 0.05) is 13.0 Å². The van der Waals surface area contributed by atoms with Gasteiger partial charge in [-0.3, -0.25) is 14.5 Å². The molecule has 31 heavy (non-hydrogen) atoms. The maximum atomic E-state index is 13.7. The number of hydrogen-bond acceptors (Lipinski definition) is 4. The van der Waals surface area contributed by atoms with Gasteiger partial charge in [0.05, 0.1) is 12.2 Å². The molecule has 0 saturated carbocycles. The fourth-order valence-corrected chi connectivity index (χ4v) is 3.27. The summed E-state index contributed by atoms with van der Waals surface area (Å²) in [5, 5.41) is 4.43. The molecule has 2 rings (SSSR count). The Morgan fingerprint density at radius 1 is 1.23 bits per heavy atom. The van der Waals surface area contributed by atoms with Gasteiger partial charge in [-0.05, 0) is 45.7 Å². The van der Waals surface area contributed by atoms with Crippen LogP contribution in [0.4, 0.5) is 23.7 Å². The van der Waals surface area contributed by atoms with Crippen molar-refractivity contribution in [2.24, 2.45) is 0 Å². The number of rotatable bonds is 5. The van der Waals surface area contributed by atoms with Crippen molar-refractivity contribution in [1.82, 2.24) is 10.2 Å². The summed E-state index contributed by atoms with van der Waals surface area (Å²) in [5.41, 5.74) is -2.76. The summed E-state index contributed by atoms with van der Waals surface area (Å²) in [6.07, 6.45) is 5.39. The van der Waals surface area contributed by atoms with Gasteiger partial charge in [0.25, 0.3) is 0 Å². The van der Waals surface area contributed by atoms with E-state index in [1.54, 1.807) is 20.8 Å². The first kappa shape index (κ1) is 24.1. The first-order valence-electron chi connectivity index (χ1n) is 9.57. The second-order valence-corrected chi connectivity index (χ2v) is 8.10. The molecule has 0 spiro atoms. The highest BCUT2D eigenvalue weighted by Gasteiger charge is 2.50. The largest absolute Gasteiger partial charge is 0.444 e. The molecule has 7 nitrogen and oxygen atoms in total. The maximum absolute atomic E-state index is 13.7. The Balaban J connectivity index is 2.10. The average molecular weight is 439 g/mol. The number of hydrogen-bond donors (Lipinski definition) is 2. The molecule has 0 radical (unpaired) electrons. The zero-order valence-corrected chi connectivity index (χ0v) is 17.5. The predicted molar refractivity (Wildman–Crippen MR) is 106 cm³/mol. The van der Waals surface area contributed by atoms with Crippen LogP contribution in [0.5, 0.6) is 0 Å². The highest BCUT2D eigenvalue weighted by molar-refractivity contribution is 5.97. The van der Waals surface area contributed by atoms with E-state index < -0.39 is 58.7 Å². The molecule has 1 atom stereocenters. The van der Waals surface area contributed by atoms with Gasteiger partial charge >= 0.3 is 6.09 Å². The Hall–Kier alpha value is -3.22. The van der Waals surface area contributed by atoms with E-state index in [4.69, 9.17) is 11.2 Å². The summed E-state index contributed by atoms with van der Waals surface area (Å²) in [7, 11) is 0. The molecule has 1 aliphatic rings. The van der Waals surface area contributed by atoms with Crippen molar-refractivity contribution in [3.05, 3.63) is 29.6 Å². The van der Waals surface area contributed by atoms with E-state index in [1.807, 2.05) is 0 Å². The van der Waals surface area contributed by atoms with Crippen LogP contribution in [0, 0.1) is 29.8 Å². The minimum absolute atomic E-state index is 0.0997. The average Bonchev–Trinajstić information content (AvgIpc) is 3.10. The van der Waals surface area contributed by atoms with Gasteiger partial charge in [0.15, 0.2) is 17.5 Å². The van der Waals surface area contributed by atoms with Gasteiger partial charge in [-0.2, -0.15) is 0 Å². The lowest BCUT2D eigenvalue weighted by Crippen LogP contribution is -2.58. The molecular formula is C21H24F3N3O4. The van der Waals surface area contributed by atoms with Crippen molar-refractivity contribution >= 4 is 23.6 Å². The molecular weight excluding hydrogens is 415 g/mol. The lowest BCUT2D eigenvalue weighted by molar-refractivity contribution is -0.133. The van der Waals surface area contributed by atoms with Gasteiger partial charge in [-0.15, -0.1) is 12.3 Å². The summed E-state index contributed by atoms with van der Waals surface area (Å²) in [6, 6.07) is 1.51. The van der Waals surface area contributed by atoms with E-state index in [0.29, 0.717) is 12.5 Å². The van der Waals surface area contributed by atoms with Crippen LogP contribution in [0.25, 0.3) is 0 Å². The number of likely N-dealkylation sites (tertiary alicyclic amines) is 1. The maximum Gasteiger partial charge on any atom is 0.411 e. The molecule has 0 aromatic heterocycles.